The fourth-order valence-corrected chi connectivity index (χ4v) is 10.7. The van der Waals surface area contributed by atoms with E-state index < -0.39 is 49.5 Å². The van der Waals surface area contributed by atoms with Crippen LogP contribution in [0.4, 0.5) is 11.8 Å². The number of benzene rings is 3. The number of carbonyl (C=O) groups excluding carboxylic acids is 1. The third-order valence-corrected chi connectivity index (χ3v) is 27.9. The number of nitrogens with two attached hydrogens (primary N) is 1. The summed E-state index contributed by atoms with van der Waals surface area (Å²) < 4.78 is 37.5. The number of nitrogen functional groups attached to an aromatic ring is 1. The summed E-state index contributed by atoms with van der Waals surface area (Å²) in [7, 11) is -3.57. The molecule has 1 amide bonds. The summed E-state index contributed by atoms with van der Waals surface area (Å²) in [5.74, 6) is 1.31. The van der Waals surface area contributed by atoms with Gasteiger partial charge in [-0.3, -0.25) is 9.36 Å². The maximum Gasteiger partial charge on any atom is 0.253 e. The quantitative estimate of drug-likeness (QED) is 0.0910. The number of hydrogen-bond donors (Lipinski definition) is 2. The van der Waals surface area contributed by atoms with Gasteiger partial charge in [-0.05, 0) is 94.8 Å². The molecule has 1 aliphatic heterocycles. The van der Waals surface area contributed by atoms with E-state index in [2.05, 4.69) is 136 Å². The number of fused-ring (bicyclic) bond motifs is 1. The molecule has 3 heterocycles. The molecule has 16 heteroatoms. The summed E-state index contributed by atoms with van der Waals surface area (Å²) in [5, 5.41) is 3.45. The van der Waals surface area contributed by atoms with Crippen LogP contribution in [-0.4, -0.2) is 94.3 Å². The Hall–Kier alpha value is -4.43. The van der Waals surface area contributed by atoms with Crippen molar-refractivity contribution in [2.24, 2.45) is 0 Å². The largest absolute Gasteiger partial charge is 0.489 e. The van der Waals surface area contributed by atoms with E-state index >= 15 is 0 Å². The van der Waals surface area contributed by atoms with Crippen LogP contribution in [0.1, 0.15) is 90.0 Å². The molecule has 4 atom stereocenters. The number of amides is 1. The van der Waals surface area contributed by atoms with Crippen LogP contribution in [0.15, 0.2) is 79.1 Å². The van der Waals surface area contributed by atoms with E-state index in [0.29, 0.717) is 48.2 Å². The molecule has 0 saturated carbocycles. The molecular formula is C51H77N7O6Si3. The Balaban J connectivity index is 1.38. The van der Waals surface area contributed by atoms with Crippen molar-refractivity contribution in [2.75, 3.05) is 31.8 Å². The minimum atomic E-state index is -2.46. The molecule has 5 aromatic rings. The number of aromatic nitrogens is 4. The highest BCUT2D eigenvalue weighted by Gasteiger charge is 2.55. The molecule has 3 aromatic carbocycles. The molecule has 1 fully saturated rings. The molecule has 0 spiro atoms. The van der Waals surface area contributed by atoms with E-state index in [1.165, 1.54) is 6.33 Å². The van der Waals surface area contributed by atoms with Crippen LogP contribution in [0.3, 0.4) is 0 Å². The van der Waals surface area contributed by atoms with Crippen LogP contribution in [-0.2, 0) is 31.2 Å². The molecule has 13 nitrogen and oxygen atoms in total. The molecule has 0 radical (unpaired) electrons. The molecule has 364 valence electrons. The zero-order chi connectivity index (χ0) is 49.5. The summed E-state index contributed by atoms with van der Waals surface area (Å²) in [6.45, 7) is 35.1. The first-order valence-corrected chi connectivity index (χ1v) is 32.2. The van der Waals surface area contributed by atoms with E-state index in [1.54, 1.807) is 25.1 Å². The molecule has 0 bridgehead atoms. The standard InChI is InChI=1S/C51H77N7O6Si3/c1-49(2,3)65(12,13)61-32-40-42(63-66(14,15)50(4,5)6)43(64-67(16,17)51(7,8)9)47(62-40)58-45-41(44(52)54-33-55-45)56-48(58)53-30-34-23-25-36(26-24-34)37-27-38(46(59)57(10)11)29-39(28-37)60-31-35-21-19-18-20-22-35/h18-29,33,40,42-43,47H,30-32H2,1-17H3,(H,53,56)(H2,52,54,55)/t40-,42-,43-,47-/m1/s1. The fraction of sp³-hybridized carbons (Fsp3) is 0.529. The summed E-state index contributed by atoms with van der Waals surface area (Å²) in [4.78, 5) is 29.0. The third-order valence-electron chi connectivity index (χ3n) is 14.5. The highest BCUT2D eigenvalue weighted by atomic mass is 28.4. The maximum atomic E-state index is 13.2. The lowest BCUT2D eigenvalue weighted by Gasteiger charge is -2.44. The van der Waals surface area contributed by atoms with Gasteiger partial charge in [0.15, 0.2) is 48.2 Å². The Morgan fingerprint density at radius 2 is 1.36 bits per heavy atom. The van der Waals surface area contributed by atoms with Crippen LogP contribution < -0.4 is 15.8 Å². The third kappa shape index (κ3) is 11.7. The lowest BCUT2D eigenvalue weighted by atomic mass is 10.0. The van der Waals surface area contributed by atoms with Crippen molar-refractivity contribution in [3.8, 4) is 16.9 Å². The van der Waals surface area contributed by atoms with Gasteiger partial charge >= 0.3 is 0 Å². The number of anilines is 2. The predicted molar refractivity (Wildman–Crippen MR) is 279 cm³/mol. The van der Waals surface area contributed by atoms with Gasteiger partial charge in [0.25, 0.3) is 5.91 Å². The van der Waals surface area contributed by atoms with Gasteiger partial charge in [-0.25, -0.2) is 15.0 Å². The highest BCUT2D eigenvalue weighted by Crippen LogP contribution is 2.48. The van der Waals surface area contributed by atoms with Gasteiger partial charge < -0.3 is 38.7 Å². The molecule has 3 N–H and O–H groups in total. The summed E-state index contributed by atoms with van der Waals surface area (Å²) in [6, 6.07) is 23.9. The Kier molecular flexibility index (Phi) is 15.1. The molecule has 0 aliphatic carbocycles. The summed E-state index contributed by atoms with van der Waals surface area (Å²) in [5.41, 5.74) is 12.0. The van der Waals surface area contributed by atoms with Crippen molar-refractivity contribution in [3.63, 3.8) is 0 Å². The molecule has 0 unspecified atom stereocenters. The van der Waals surface area contributed by atoms with Gasteiger partial charge in [0, 0.05) is 26.2 Å². The topological polar surface area (TPSA) is 148 Å². The zero-order valence-corrected chi connectivity index (χ0v) is 46.2. The van der Waals surface area contributed by atoms with Crippen molar-refractivity contribution in [2.45, 2.75) is 154 Å². The lowest BCUT2D eigenvalue weighted by Crippen LogP contribution is -2.54. The number of nitrogens with zero attached hydrogens (tertiary/aromatic N) is 5. The Morgan fingerprint density at radius 1 is 0.761 bits per heavy atom. The average molecular weight is 968 g/mol. The van der Waals surface area contributed by atoms with Crippen LogP contribution in [0, 0.1) is 0 Å². The number of carbonyl (C=O) groups is 1. The SMILES string of the molecule is CN(C)C(=O)c1cc(OCc2ccccc2)cc(-c2ccc(CNc3nc4c(N)ncnc4n3[C@@H]3O[C@H](CO[Si](C)(C)C(C)(C)C)[C@@H](O[Si](C)(C)C(C)(C)C)[C@H]3O[Si](C)(C)C(C)(C)C)cc2)c1. The average Bonchev–Trinajstić information content (AvgIpc) is 3.77. The first-order valence-electron chi connectivity index (χ1n) is 23.5. The van der Waals surface area contributed by atoms with Gasteiger partial charge in [0.1, 0.15) is 37.0 Å². The van der Waals surface area contributed by atoms with Gasteiger partial charge in [-0.15, -0.1) is 0 Å². The number of nitrogens with one attached hydrogen (secondary N) is 1. The highest BCUT2D eigenvalue weighted by molar-refractivity contribution is 6.75. The minimum absolute atomic E-state index is 0.00282. The second-order valence-electron chi connectivity index (χ2n) is 22.8. The maximum absolute atomic E-state index is 13.2. The first kappa shape index (κ1) is 52.0. The van der Waals surface area contributed by atoms with Crippen molar-refractivity contribution in [1.82, 2.24) is 24.4 Å². The summed E-state index contributed by atoms with van der Waals surface area (Å²) >= 11 is 0. The fourth-order valence-electron chi connectivity index (χ4n) is 7.12. The van der Waals surface area contributed by atoms with Crippen LogP contribution in [0.25, 0.3) is 22.3 Å². The Labute approximate surface area is 402 Å². The number of hydrogen-bond acceptors (Lipinski definition) is 11. The molecule has 2 aromatic heterocycles. The van der Waals surface area contributed by atoms with E-state index in [1.807, 2.05) is 47.0 Å². The molecule has 1 saturated heterocycles. The van der Waals surface area contributed by atoms with Crippen molar-refractivity contribution < 1.29 is 27.5 Å². The second-order valence-corrected chi connectivity index (χ2v) is 37.2. The van der Waals surface area contributed by atoms with Crippen LogP contribution >= 0.6 is 0 Å². The van der Waals surface area contributed by atoms with E-state index in [9.17, 15) is 4.79 Å². The van der Waals surface area contributed by atoms with Crippen LogP contribution in [0.5, 0.6) is 5.75 Å². The monoisotopic (exact) mass is 968 g/mol. The van der Waals surface area contributed by atoms with Crippen molar-refractivity contribution in [1.29, 1.82) is 0 Å². The van der Waals surface area contributed by atoms with Gasteiger partial charge in [-0.2, -0.15) is 0 Å². The number of rotatable bonds is 16. The van der Waals surface area contributed by atoms with Gasteiger partial charge in [0.05, 0.1) is 6.61 Å². The second kappa shape index (κ2) is 19.5. The summed E-state index contributed by atoms with van der Waals surface area (Å²) in [6.07, 6.45) is -0.657. The van der Waals surface area contributed by atoms with Gasteiger partial charge in [0.2, 0.25) is 5.95 Å². The smallest absolute Gasteiger partial charge is 0.253 e. The molecule has 1 aliphatic rings. The van der Waals surface area contributed by atoms with E-state index in [-0.39, 0.29) is 26.8 Å². The zero-order valence-electron chi connectivity index (χ0n) is 43.2. The molecular weight excluding hydrogens is 891 g/mol. The van der Waals surface area contributed by atoms with Crippen LogP contribution in [0.2, 0.25) is 54.4 Å². The number of ether oxygens (including phenoxy) is 2. The Bertz CT molecular complexity index is 2490. The van der Waals surface area contributed by atoms with Crippen molar-refractivity contribution in [3.05, 3.63) is 95.8 Å². The number of imidazole rings is 1. The first-order chi connectivity index (χ1) is 31.0. The predicted octanol–water partition coefficient (Wildman–Crippen LogP) is 11.7. The minimum Gasteiger partial charge on any atom is -0.489 e. The normalized spacial score (nSPS) is 18.6. The van der Waals surface area contributed by atoms with E-state index in [0.717, 1.165) is 22.3 Å². The van der Waals surface area contributed by atoms with E-state index in [4.69, 9.17) is 38.5 Å². The van der Waals surface area contributed by atoms with Gasteiger partial charge in [-0.1, -0.05) is 117 Å². The molecule has 6 rings (SSSR count). The lowest BCUT2D eigenvalue weighted by molar-refractivity contribution is -0.0461. The Morgan fingerprint density at radius 3 is 1.94 bits per heavy atom. The van der Waals surface area contributed by atoms with Crippen molar-refractivity contribution >= 4 is 53.8 Å². The molecule has 67 heavy (non-hydrogen) atoms.